The second kappa shape index (κ2) is 9.13. The van der Waals surface area contributed by atoms with Gasteiger partial charge in [0.1, 0.15) is 5.69 Å². The van der Waals surface area contributed by atoms with Crippen molar-refractivity contribution in [1.82, 2.24) is 35.4 Å². The van der Waals surface area contributed by atoms with E-state index in [4.69, 9.17) is 0 Å². The van der Waals surface area contributed by atoms with Crippen LogP contribution in [0.2, 0.25) is 0 Å². The Kier molecular flexibility index (Phi) is 5.67. The van der Waals surface area contributed by atoms with Gasteiger partial charge in [0.15, 0.2) is 5.65 Å². The zero-order valence-corrected chi connectivity index (χ0v) is 20.2. The van der Waals surface area contributed by atoms with Crippen LogP contribution in [0.3, 0.4) is 0 Å². The number of hydrogen-bond acceptors (Lipinski definition) is 6. The summed E-state index contributed by atoms with van der Waals surface area (Å²) >= 11 is 0. The van der Waals surface area contributed by atoms with E-state index in [1.54, 1.807) is 0 Å². The molecule has 0 saturated carbocycles. The molecule has 0 radical (unpaired) electrons. The number of benzene rings is 1. The lowest BCUT2D eigenvalue weighted by Crippen LogP contribution is -2.44. The molecule has 4 aromatic heterocycles. The van der Waals surface area contributed by atoms with Crippen LogP contribution >= 0.6 is 0 Å². The quantitative estimate of drug-likeness (QED) is 0.350. The summed E-state index contributed by atoms with van der Waals surface area (Å²) in [5.41, 5.74) is 8.29. The Morgan fingerprint density at radius 3 is 2.69 bits per heavy atom. The van der Waals surface area contributed by atoms with Crippen LogP contribution in [0.4, 0.5) is 5.69 Å². The maximum absolute atomic E-state index is 4.66. The third-order valence-corrected chi connectivity index (χ3v) is 6.86. The van der Waals surface area contributed by atoms with Crippen molar-refractivity contribution >= 4 is 27.6 Å². The smallest absolute Gasteiger partial charge is 0.155 e. The number of nitrogens with one attached hydrogen (secondary N) is 3. The van der Waals surface area contributed by atoms with Gasteiger partial charge >= 0.3 is 0 Å². The average Bonchev–Trinajstić information content (AvgIpc) is 3.51. The van der Waals surface area contributed by atoms with E-state index in [1.165, 1.54) is 11.1 Å². The van der Waals surface area contributed by atoms with Gasteiger partial charge in [-0.3, -0.25) is 10.1 Å². The van der Waals surface area contributed by atoms with Crippen LogP contribution in [0.15, 0.2) is 55.0 Å². The molecule has 5 aromatic rings. The highest BCUT2D eigenvalue weighted by Crippen LogP contribution is 2.34. The molecule has 8 nitrogen and oxygen atoms in total. The standard InChI is InChI=1S/C27H30N8/c1-3-28-14-18-11-19(16-29-15-18)20-12-22-26(32-33-27(22)30-17-20)24-13-21-23(31-24)5-4-6-25(21)35-9-7-34(2)8-10-35/h4-6,11-13,15-17,28,31H,3,7-10,14H2,1-2H3,(H,30,32,33). The van der Waals surface area contributed by atoms with Crippen molar-refractivity contribution < 1.29 is 0 Å². The van der Waals surface area contributed by atoms with Crippen molar-refractivity contribution in [2.75, 3.05) is 44.7 Å². The van der Waals surface area contributed by atoms with Gasteiger partial charge in [-0.25, -0.2) is 4.98 Å². The van der Waals surface area contributed by atoms with Crippen LogP contribution in [-0.4, -0.2) is 69.8 Å². The van der Waals surface area contributed by atoms with Crippen molar-refractivity contribution in [2.45, 2.75) is 13.5 Å². The lowest BCUT2D eigenvalue weighted by molar-refractivity contribution is 0.313. The number of aromatic amines is 2. The molecule has 35 heavy (non-hydrogen) atoms. The number of H-pyrrole nitrogens is 2. The highest BCUT2D eigenvalue weighted by molar-refractivity contribution is 6.00. The molecule has 0 spiro atoms. The average molecular weight is 467 g/mol. The van der Waals surface area contributed by atoms with Crippen molar-refractivity contribution in [1.29, 1.82) is 0 Å². The van der Waals surface area contributed by atoms with Gasteiger partial charge in [0.2, 0.25) is 0 Å². The van der Waals surface area contributed by atoms with E-state index in [-0.39, 0.29) is 0 Å². The first-order valence-electron chi connectivity index (χ1n) is 12.2. The first kappa shape index (κ1) is 21.8. The largest absolute Gasteiger partial charge is 0.368 e. The van der Waals surface area contributed by atoms with E-state index >= 15 is 0 Å². The van der Waals surface area contributed by atoms with E-state index in [1.807, 2.05) is 18.6 Å². The number of nitrogens with zero attached hydrogens (tertiary/aromatic N) is 5. The Morgan fingerprint density at radius 1 is 0.971 bits per heavy atom. The Morgan fingerprint density at radius 2 is 1.83 bits per heavy atom. The predicted molar refractivity (Wildman–Crippen MR) is 142 cm³/mol. The second-order valence-electron chi connectivity index (χ2n) is 9.27. The third-order valence-electron chi connectivity index (χ3n) is 6.86. The van der Waals surface area contributed by atoms with Gasteiger partial charge in [0, 0.05) is 84.4 Å². The molecule has 0 amide bonds. The molecule has 1 aliphatic heterocycles. The summed E-state index contributed by atoms with van der Waals surface area (Å²) in [5, 5.41) is 13.3. The molecule has 1 fully saturated rings. The summed E-state index contributed by atoms with van der Waals surface area (Å²) in [7, 11) is 2.19. The Labute approximate surface area is 204 Å². The zero-order valence-electron chi connectivity index (χ0n) is 20.2. The Balaban J connectivity index is 1.38. The first-order chi connectivity index (χ1) is 17.2. The minimum atomic E-state index is 0.776. The van der Waals surface area contributed by atoms with Gasteiger partial charge in [-0.15, -0.1) is 0 Å². The summed E-state index contributed by atoms with van der Waals surface area (Å²) in [5.74, 6) is 0. The summed E-state index contributed by atoms with van der Waals surface area (Å²) in [4.78, 5) is 17.6. The van der Waals surface area contributed by atoms with Crippen LogP contribution in [0, 0.1) is 0 Å². The zero-order chi connectivity index (χ0) is 23.8. The fraction of sp³-hybridized carbons (Fsp3) is 0.296. The van der Waals surface area contributed by atoms with Crippen LogP contribution in [-0.2, 0) is 6.54 Å². The molecule has 3 N–H and O–H groups in total. The van der Waals surface area contributed by atoms with Gasteiger partial charge in [-0.05, 0) is 49.5 Å². The molecule has 8 heteroatoms. The molecule has 0 unspecified atom stereocenters. The maximum Gasteiger partial charge on any atom is 0.155 e. The second-order valence-corrected chi connectivity index (χ2v) is 9.27. The number of fused-ring (bicyclic) bond motifs is 2. The third kappa shape index (κ3) is 4.15. The Hall–Kier alpha value is -3.75. The number of piperazine rings is 1. The number of anilines is 1. The molecule has 6 rings (SSSR count). The van der Waals surface area contributed by atoms with Crippen LogP contribution in [0.5, 0.6) is 0 Å². The number of pyridine rings is 2. The number of aromatic nitrogens is 5. The van der Waals surface area contributed by atoms with Crippen LogP contribution < -0.4 is 10.2 Å². The van der Waals surface area contributed by atoms with E-state index in [0.29, 0.717) is 0 Å². The highest BCUT2D eigenvalue weighted by Gasteiger charge is 2.19. The molecule has 0 atom stereocenters. The summed E-state index contributed by atoms with van der Waals surface area (Å²) in [6, 6.07) is 13.0. The fourth-order valence-electron chi connectivity index (χ4n) is 4.87. The molecular weight excluding hydrogens is 436 g/mol. The minimum Gasteiger partial charge on any atom is -0.368 e. The van der Waals surface area contributed by atoms with Crippen molar-refractivity contribution in [3.8, 4) is 22.5 Å². The van der Waals surface area contributed by atoms with Crippen LogP contribution in [0.1, 0.15) is 12.5 Å². The summed E-state index contributed by atoms with van der Waals surface area (Å²) in [6.45, 7) is 8.07. The normalized spacial score (nSPS) is 14.9. The van der Waals surface area contributed by atoms with E-state index in [2.05, 4.69) is 90.6 Å². The van der Waals surface area contributed by atoms with Crippen molar-refractivity contribution in [3.63, 3.8) is 0 Å². The topological polar surface area (TPSA) is 88.8 Å². The minimum absolute atomic E-state index is 0.776. The maximum atomic E-state index is 4.66. The number of likely N-dealkylation sites (N-methyl/N-ethyl adjacent to an activating group) is 1. The monoisotopic (exact) mass is 466 g/mol. The van der Waals surface area contributed by atoms with Gasteiger partial charge in [0.25, 0.3) is 0 Å². The molecular formula is C27H30N8. The number of rotatable bonds is 6. The predicted octanol–water partition coefficient (Wildman–Crippen LogP) is 4.03. The van der Waals surface area contributed by atoms with Crippen molar-refractivity contribution in [3.05, 3.63) is 60.6 Å². The van der Waals surface area contributed by atoms with Gasteiger partial charge in [-0.1, -0.05) is 13.0 Å². The summed E-state index contributed by atoms with van der Waals surface area (Å²) < 4.78 is 0. The molecule has 0 bridgehead atoms. The highest BCUT2D eigenvalue weighted by atomic mass is 15.2. The summed E-state index contributed by atoms with van der Waals surface area (Å²) in [6.07, 6.45) is 5.68. The molecule has 178 valence electrons. The van der Waals surface area contributed by atoms with Gasteiger partial charge < -0.3 is 20.1 Å². The molecule has 1 aliphatic rings. The van der Waals surface area contributed by atoms with E-state index in [9.17, 15) is 0 Å². The first-order valence-corrected chi connectivity index (χ1v) is 12.2. The lowest BCUT2D eigenvalue weighted by Gasteiger charge is -2.34. The van der Waals surface area contributed by atoms with E-state index < -0.39 is 0 Å². The molecule has 0 aliphatic carbocycles. The van der Waals surface area contributed by atoms with Crippen LogP contribution in [0.25, 0.3) is 44.5 Å². The Bertz CT molecular complexity index is 1480. The van der Waals surface area contributed by atoms with Gasteiger partial charge in [-0.2, -0.15) is 5.10 Å². The van der Waals surface area contributed by atoms with Crippen molar-refractivity contribution in [2.24, 2.45) is 0 Å². The molecule has 1 aromatic carbocycles. The molecule has 1 saturated heterocycles. The lowest BCUT2D eigenvalue weighted by atomic mass is 10.1. The SMILES string of the molecule is CCNCc1cncc(-c2cnc3[nH]nc(-c4cc5c(N6CCN(C)CC6)cccc5[nH]4)c3c2)c1. The van der Waals surface area contributed by atoms with Gasteiger partial charge in [0.05, 0.1) is 5.69 Å². The molecule has 5 heterocycles. The fourth-order valence-corrected chi connectivity index (χ4v) is 4.87. The number of hydrogen-bond donors (Lipinski definition) is 3. The van der Waals surface area contributed by atoms with E-state index in [0.717, 1.165) is 83.9 Å².